The van der Waals surface area contributed by atoms with E-state index in [4.69, 9.17) is 30.9 Å². The predicted molar refractivity (Wildman–Crippen MR) is 236 cm³/mol. The maximum Gasteiger partial charge on any atom is 0.330 e. The highest BCUT2D eigenvalue weighted by Gasteiger charge is 2.34. The van der Waals surface area contributed by atoms with E-state index in [0.717, 1.165) is 74.3 Å². The number of aliphatic hydroxyl groups is 1. The Bertz CT molecular complexity index is 2190. The Labute approximate surface area is 362 Å². The zero-order valence-electron chi connectivity index (χ0n) is 35.0. The molecule has 0 radical (unpaired) electrons. The van der Waals surface area contributed by atoms with Gasteiger partial charge in [0.15, 0.2) is 0 Å². The number of carbonyl (C=O) groups excluding carboxylic acids is 6. The molecule has 4 aromatic rings. The first-order chi connectivity index (χ1) is 29.5. The van der Waals surface area contributed by atoms with E-state index >= 15 is 0 Å². The number of esters is 1. The van der Waals surface area contributed by atoms with E-state index in [1.165, 1.54) is 9.80 Å². The number of ether oxygens (including phenoxy) is 3. The van der Waals surface area contributed by atoms with Crippen LogP contribution in [0.15, 0.2) is 86.0 Å². The van der Waals surface area contributed by atoms with Gasteiger partial charge in [0.1, 0.15) is 11.5 Å². The van der Waals surface area contributed by atoms with Crippen LogP contribution in [0.4, 0.5) is 0 Å². The molecule has 0 saturated carbocycles. The summed E-state index contributed by atoms with van der Waals surface area (Å²) < 4.78 is 16.5. The normalized spacial score (nSPS) is 12.7. The Hall–Kier alpha value is -5.85. The molecule has 2 heterocycles. The Balaban J connectivity index is 0.000000244. The smallest absolute Gasteiger partial charge is 0.330 e. The highest BCUT2D eigenvalue weighted by atomic mass is 35.5. The van der Waals surface area contributed by atoms with Crippen molar-refractivity contribution in [3.8, 4) is 11.5 Å². The first kappa shape index (κ1) is 47.8. The van der Waals surface area contributed by atoms with E-state index in [1.807, 2.05) is 24.3 Å². The average molecular weight is 855 g/mol. The quantitative estimate of drug-likeness (QED) is 0.0282. The Morgan fingerprint density at radius 1 is 0.590 bits per heavy atom. The van der Waals surface area contributed by atoms with Crippen molar-refractivity contribution in [2.75, 3.05) is 39.5 Å². The van der Waals surface area contributed by atoms with E-state index in [-0.39, 0.29) is 36.8 Å². The maximum atomic E-state index is 13.0. The molecule has 0 atom stereocenters. The lowest BCUT2D eigenvalue weighted by Crippen LogP contribution is -2.40. The predicted octanol–water partition coefficient (Wildman–Crippen LogP) is 9.23. The van der Waals surface area contributed by atoms with Crippen LogP contribution < -0.4 is 9.47 Å². The molecule has 0 aliphatic carbocycles. The SMILES string of the molecule is C=CC(=O)Cl.C=CC(=O)OCCCOc1ccc2c3c(cccc13)C(=O)N(CCCCCC)C2=O.CCCCCCN1C(=O)c2cccc3c(OCCCO)ccc(c23)C1=O. The molecule has 0 aromatic heterocycles. The van der Waals surface area contributed by atoms with Crippen molar-refractivity contribution in [3.63, 3.8) is 0 Å². The first-order valence-corrected chi connectivity index (χ1v) is 21.2. The molecule has 0 fully saturated rings. The van der Waals surface area contributed by atoms with Gasteiger partial charge in [-0.2, -0.15) is 0 Å². The van der Waals surface area contributed by atoms with Crippen molar-refractivity contribution in [1.29, 1.82) is 0 Å². The summed E-state index contributed by atoms with van der Waals surface area (Å²) in [5, 5.41) is 11.2. The number of amides is 4. The second-order valence-electron chi connectivity index (χ2n) is 14.3. The van der Waals surface area contributed by atoms with Crippen molar-refractivity contribution in [3.05, 3.63) is 108 Å². The number of hydrogen-bond acceptors (Lipinski definition) is 10. The zero-order chi connectivity index (χ0) is 44.3. The number of benzene rings is 4. The molecular formula is C48H55ClN2O10. The van der Waals surface area contributed by atoms with Gasteiger partial charge in [0, 0.05) is 82.4 Å². The fourth-order valence-electron chi connectivity index (χ4n) is 7.01. The monoisotopic (exact) mass is 854 g/mol. The van der Waals surface area contributed by atoms with Crippen LogP contribution in [-0.4, -0.2) is 89.3 Å². The molecule has 0 unspecified atom stereocenters. The Morgan fingerprint density at radius 3 is 1.41 bits per heavy atom. The van der Waals surface area contributed by atoms with E-state index < -0.39 is 11.2 Å². The fraction of sp³-hybridized carbons (Fsp3) is 0.375. The largest absolute Gasteiger partial charge is 0.493 e. The topological polar surface area (TPSA) is 157 Å². The van der Waals surface area contributed by atoms with E-state index in [9.17, 15) is 28.8 Å². The Kier molecular flexibility index (Phi) is 19.1. The van der Waals surface area contributed by atoms with Gasteiger partial charge in [-0.05, 0) is 66.9 Å². The molecule has 12 nitrogen and oxygen atoms in total. The van der Waals surface area contributed by atoms with Crippen molar-refractivity contribution in [2.24, 2.45) is 0 Å². The van der Waals surface area contributed by atoms with Gasteiger partial charge in [-0.3, -0.25) is 33.8 Å². The van der Waals surface area contributed by atoms with Crippen LogP contribution in [0.2, 0.25) is 0 Å². The number of rotatable bonds is 21. The van der Waals surface area contributed by atoms with Crippen LogP contribution in [0, 0.1) is 0 Å². The summed E-state index contributed by atoms with van der Waals surface area (Å²) in [7, 11) is 0. The number of nitrogens with zero attached hydrogens (tertiary/aromatic N) is 2. The summed E-state index contributed by atoms with van der Waals surface area (Å²) in [6, 6.07) is 17.9. The minimum atomic E-state index is -0.509. The highest BCUT2D eigenvalue weighted by Crippen LogP contribution is 2.37. The van der Waals surface area contributed by atoms with Gasteiger partial charge < -0.3 is 19.3 Å². The molecule has 4 amide bonds. The number of hydrogen-bond donors (Lipinski definition) is 1. The van der Waals surface area contributed by atoms with Crippen LogP contribution in [0.25, 0.3) is 21.5 Å². The molecule has 4 aromatic carbocycles. The summed E-state index contributed by atoms with van der Waals surface area (Å²) in [5.74, 6) is -0.174. The molecular weight excluding hydrogens is 800 g/mol. The molecule has 6 rings (SSSR count). The molecule has 2 aliphatic heterocycles. The highest BCUT2D eigenvalue weighted by molar-refractivity contribution is 6.66. The molecule has 324 valence electrons. The number of unbranched alkanes of at least 4 members (excludes halogenated alkanes) is 6. The molecule has 2 aliphatic rings. The summed E-state index contributed by atoms with van der Waals surface area (Å²) in [5.41, 5.74) is 2.17. The van der Waals surface area contributed by atoms with Crippen molar-refractivity contribution < 1.29 is 48.1 Å². The Morgan fingerprint density at radius 2 is 1.02 bits per heavy atom. The van der Waals surface area contributed by atoms with Gasteiger partial charge in [-0.25, -0.2) is 4.79 Å². The lowest BCUT2D eigenvalue weighted by atomic mass is 9.93. The first-order valence-electron chi connectivity index (χ1n) is 20.9. The minimum Gasteiger partial charge on any atom is -0.493 e. The van der Waals surface area contributed by atoms with Gasteiger partial charge >= 0.3 is 5.97 Å². The standard InChI is InChI=1S/C24H27NO5.C21H25NO4.C3H3ClO/c1-3-5-6-7-14-25-23(27)18-11-8-10-17-20(13-12-19(22(17)18)24(25)28)29-15-9-16-30-21(26)4-2;1-2-3-4-5-12-22-20(24)16-9-6-8-15-18(26-14-7-13-23)11-10-17(19(15)16)21(22)25;1-2-3(4)5/h4,8,10-13H,2-3,5-7,9,14-16H2,1H3;6,8-11,23H,2-5,7,12-14H2,1H3;2H,1H2. The summed E-state index contributed by atoms with van der Waals surface area (Å²) in [6.45, 7) is 12.6. The average Bonchev–Trinajstić information content (AvgIpc) is 3.27. The van der Waals surface area contributed by atoms with Crippen molar-refractivity contribution in [2.45, 2.75) is 78.1 Å². The minimum absolute atomic E-state index is 0.0607. The molecule has 1 N–H and O–H groups in total. The van der Waals surface area contributed by atoms with Gasteiger partial charge in [0.2, 0.25) is 5.24 Å². The van der Waals surface area contributed by atoms with Gasteiger partial charge in [0.05, 0.1) is 19.8 Å². The van der Waals surface area contributed by atoms with Gasteiger partial charge in [-0.1, -0.05) is 89.8 Å². The number of imide groups is 2. The lowest BCUT2D eigenvalue weighted by Gasteiger charge is -2.27. The van der Waals surface area contributed by atoms with Gasteiger partial charge in [-0.15, -0.1) is 0 Å². The van der Waals surface area contributed by atoms with Crippen LogP contribution >= 0.6 is 11.6 Å². The van der Waals surface area contributed by atoms with Crippen molar-refractivity contribution >= 4 is 68.0 Å². The van der Waals surface area contributed by atoms with Crippen LogP contribution in [0.3, 0.4) is 0 Å². The number of aliphatic hydroxyl groups excluding tert-OH is 1. The third-order valence-corrected chi connectivity index (χ3v) is 10.2. The second kappa shape index (κ2) is 24.4. The van der Waals surface area contributed by atoms with E-state index in [0.29, 0.717) is 83.7 Å². The zero-order valence-corrected chi connectivity index (χ0v) is 35.8. The van der Waals surface area contributed by atoms with Crippen LogP contribution in [0.1, 0.15) is 119 Å². The van der Waals surface area contributed by atoms with Crippen molar-refractivity contribution in [1.82, 2.24) is 9.80 Å². The van der Waals surface area contributed by atoms with Crippen LogP contribution in [0.5, 0.6) is 11.5 Å². The fourth-order valence-corrected chi connectivity index (χ4v) is 7.01. The third kappa shape index (κ3) is 12.4. The van der Waals surface area contributed by atoms with Crippen LogP contribution in [-0.2, 0) is 14.3 Å². The third-order valence-electron chi connectivity index (χ3n) is 10.1. The second-order valence-corrected chi connectivity index (χ2v) is 14.7. The summed E-state index contributed by atoms with van der Waals surface area (Å²) in [6.07, 6.45) is 11.3. The van der Waals surface area contributed by atoms with E-state index in [1.54, 1.807) is 36.4 Å². The molecule has 61 heavy (non-hydrogen) atoms. The number of carbonyl (C=O) groups is 6. The molecule has 0 saturated heterocycles. The molecule has 13 heteroatoms. The number of allylic oxidation sites excluding steroid dienone is 1. The molecule has 0 spiro atoms. The van der Waals surface area contributed by atoms with E-state index in [2.05, 4.69) is 27.0 Å². The number of halogens is 1. The lowest BCUT2D eigenvalue weighted by molar-refractivity contribution is -0.138. The van der Waals surface area contributed by atoms with Gasteiger partial charge in [0.25, 0.3) is 23.6 Å². The maximum absolute atomic E-state index is 13.0. The summed E-state index contributed by atoms with van der Waals surface area (Å²) in [4.78, 5) is 75.0. The summed E-state index contributed by atoms with van der Waals surface area (Å²) >= 11 is 4.71. The molecule has 0 bridgehead atoms.